The molecular weight excluding hydrogens is 442 g/mol. The van der Waals surface area contributed by atoms with Crippen LogP contribution in [0, 0.1) is 6.92 Å². The Hall–Kier alpha value is -2.18. The summed E-state index contributed by atoms with van der Waals surface area (Å²) in [5, 5.41) is 3.93. The maximum Gasteiger partial charge on any atom is 0.252 e. The fourth-order valence-corrected chi connectivity index (χ4v) is 4.75. The molecule has 2 aromatic rings. The Morgan fingerprint density at radius 1 is 1.27 bits per heavy atom. The van der Waals surface area contributed by atoms with Crippen LogP contribution >= 0.6 is 15.9 Å². The van der Waals surface area contributed by atoms with Crippen molar-refractivity contribution in [2.75, 3.05) is 27.2 Å². The van der Waals surface area contributed by atoms with Crippen molar-refractivity contribution in [2.24, 2.45) is 0 Å². The van der Waals surface area contributed by atoms with Gasteiger partial charge in [0.25, 0.3) is 5.91 Å². The van der Waals surface area contributed by atoms with Gasteiger partial charge in [0.2, 0.25) is 0 Å². The number of nitrogens with zero attached hydrogens (tertiary/aromatic N) is 2. The van der Waals surface area contributed by atoms with Crippen molar-refractivity contribution in [3.8, 4) is 0 Å². The number of fused-ring (bicyclic) bond motifs is 1. The van der Waals surface area contributed by atoms with E-state index in [1.807, 2.05) is 32.9 Å². The first kappa shape index (κ1) is 22.5. The second-order valence-corrected chi connectivity index (χ2v) is 9.53. The normalized spacial score (nSPS) is 15.7. The lowest BCUT2D eigenvalue weighted by atomic mass is 9.92. The van der Waals surface area contributed by atoms with E-state index >= 15 is 0 Å². The molecule has 0 saturated carbocycles. The van der Waals surface area contributed by atoms with E-state index in [4.69, 9.17) is 0 Å². The summed E-state index contributed by atoms with van der Waals surface area (Å²) in [6, 6.07) is 4.19. The van der Waals surface area contributed by atoms with Crippen LogP contribution in [0.1, 0.15) is 49.2 Å². The van der Waals surface area contributed by atoms with Crippen molar-refractivity contribution in [3.63, 3.8) is 0 Å². The van der Waals surface area contributed by atoms with Crippen molar-refractivity contribution in [1.82, 2.24) is 14.8 Å². The number of aryl methyl sites for hydroxylation is 1. The van der Waals surface area contributed by atoms with Crippen molar-refractivity contribution < 1.29 is 9.59 Å². The third-order valence-electron chi connectivity index (χ3n) is 5.58. The highest BCUT2D eigenvalue weighted by Gasteiger charge is 2.21. The lowest BCUT2D eigenvalue weighted by Crippen LogP contribution is -2.29. The molecule has 6 heteroatoms. The van der Waals surface area contributed by atoms with E-state index in [9.17, 15) is 9.59 Å². The molecule has 1 aliphatic rings. The van der Waals surface area contributed by atoms with Gasteiger partial charge in [-0.3, -0.25) is 9.59 Å². The molecular formula is C24H30BrN3O2. The van der Waals surface area contributed by atoms with Crippen molar-refractivity contribution in [1.29, 1.82) is 0 Å². The number of amides is 1. The minimum Gasteiger partial charge on any atom is -0.348 e. The second-order valence-electron chi connectivity index (χ2n) is 8.61. The minimum atomic E-state index is -0.165. The largest absolute Gasteiger partial charge is 0.348 e. The summed E-state index contributed by atoms with van der Waals surface area (Å²) in [6.45, 7) is 9.25. The van der Waals surface area contributed by atoms with Gasteiger partial charge in [-0.05, 0) is 65.1 Å². The molecule has 1 atom stereocenters. The van der Waals surface area contributed by atoms with E-state index in [0.29, 0.717) is 17.6 Å². The zero-order valence-corrected chi connectivity index (χ0v) is 20.2. The number of rotatable bonds is 6. The fraction of sp³-hybridized carbons (Fsp3) is 0.417. The fourth-order valence-electron chi connectivity index (χ4n) is 4.30. The Labute approximate surface area is 186 Å². The van der Waals surface area contributed by atoms with Crippen LogP contribution in [-0.4, -0.2) is 48.3 Å². The first-order valence-corrected chi connectivity index (χ1v) is 11.0. The van der Waals surface area contributed by atoms with E-state index in [0.717, 1.165) is 38.6 Å². The summed E-state index contributed by atoms with van der Waals surface area (Å²) >= 11 is 3.57. The molecule has 1 aromatic heterocycles. The standard InChI is InChI=1S/C24H30BrN3O2/c1-14-7-15(2)20(22(29)8-14)11-26-24(30)19-9-18(25)10-21-23(19)16(3)12-28(21)17(4)13-27(5)6/h7,9-10,12,17H,8,11,13H2,1-6H3,(H,26,30). The SMILES string of the molecule is CC1=CC(C)=C(CNC(=O)c2cc(Br)cc3c2c(C)cn3C(C)CN(C)C)C(=O)C1. The first-order chi connectivity index (χ1) is 14.1. The molecule has 160 valence electrons. The van der Waals surface area contributed by atoms with Crippen LogP contribution in [0.15, 0.2) is 45.6 Å². The number of likely N-dealkylation sites (N-methyl/N-ethyl adjacent to an activating group) is 1. The molecule has 3 rings (SSSR count). The number of halogens is 1. The van der Waals surface area contributed by atoms with Crippen molar-refractivity contribution in [2.45, 2.75) is 40.2 Å². The van der Waals surface area contributed by atoms with Crippen LogP contribution in [0.25, 0.3) is 10.9 Å². The van der Waals surface area contributed by atoms with Gasteiger partial charge in [-0.2, -0.15) is 0 Å². The summed E-state index contributed by atoms with van der Waals surface area (Å²) in [4.78, 5) is 27.7. The van der Waals surface area contributed by atoms with Crippen LogP contribution in [0.2, 0.25) is 0 Å². The second kappa shape index (κ2) is 8.90. The van der Waals surface area contributed by atoms with Gasteiger partial charge >= 0.3 is 0 Å². The number of nitrogens with one attached hydrogen (secondary N) is 1. The molecule has 0 bridgehead atoms. The molecule has 1 aliphatic carbocycles. The molecule has 30 heavy (non-hydrogen) atoms. The quantitative estimate of drug-likeness (QED) is 0.657. The van der Waals surface area contributed by atoms with E-state index in [1.165, 1.54) is 0 Å². The van der Waals surface area contributed by atoms with Crippen LogP contribution in [0.4, 0.5) is 0 Å². The van der Waals surface area contributed by atoms with Crippen LogP contribution in [0.3, 0.4) is 0 Å². The topological polar surface area (TPSA) is 54.3 Å². The zero-order valence-electron chi connectivity index (χ0n) is 18.6. The Morgan fingerprint density at radius 2 is 1.97 bits per heavy atom. The van der Waals surface area contributed by atoms with Gasteiger partial charge in [0.05, 0.1) is 11.1 Å². The van der Waals surface area contributed by atoms with Crippen LogP contribution in [0.5, 0.6) is 0 Å². The first-order valence-electron chi connectivity index (χ1n) is 10.2. The number of hydrogen-bond acceptors (Lipinski definition) is 3. The van der Waals surface area contributed by atoms with E-state index in [2.05, 4.69) is 64.0 Å². The highest BCUT2D eigenvalue weighted by molar-refractivity contribution is 9.10. The Bertz CT molecular complexity index is 1080. The van der Waals surface area contributed by atoms with Gasteiger partial charge in [-0.1, -0.05) is 27.6 Å². The molecule has 1 aromatic carbocycles. The van der Waals surface area contributed by atoms with Crippen LogP contribution < -0.4 is 5.32 Å². The molecule has 0 spiro atoms. The summed E-state index contributed by atoms with van der Waals surface area (Å²) in [6.07, 6.45) is 4.57. The third-order valence-corrected chi connectivity index (χ3v) is 6.03. The van der Waals surface area contributed by atoms with Crippen molar-refractivity contribution >= 4 is 38.5 Å². The molecule has 1 N–H and O–H groups in total. The van der Waals surface area contributed by atoms with E-state index < -0.39 is 0 Å². The molecule has 0 aliphatic heterocycles. The molecule has 0 saturated heterocycles. The van der Waals surface area contributed by atoms with Gasteiger partial charge in [-0.15, -0.1) is 0 Å². The number of allylic oxidation sites excluding steroid dienone is 3. The molecule has 1 amide bonds. The number of hydrogen-bond donors (Lipinski definition) is 1. The van der Waals surface area contributed by atoms with Gasteiger partial charge in [-0.25, -0.2) is 0 Å². The van der Waals surface area contributed by atoms with Crippen LogP contribution in [-0.2, 0) is 4.79 Å². The lowest BCUT2D eigenvalue weighted by Gasteiger charge is -2.20. The monoisotopic (exact) mass is 471 g/mol. The predicted octanol–water partition coefficient (Wildman–Crippen LogP) is 4.80. The molecule has 0 fully saturated rings. The Morgan fingerprint density at radius 3 is 2.60 bits per heavy atom. The Balaban J connectivity index is 1.94. The number of ketones is 1. The minimum absolute atomic E-state index is 0.0898. The molecule has 0 radical (unpaired) electrons. The van der Waals surface area contributed by atoms with Gasteiger partial charge in [0, 0.05) is 47.2 Å². The maximum atomic E-state index is 13.1. The molecule has 1 heterocycles. The number of carbonyl (C=O) groups excluding carboxylic acids is 2. The average Bonchev–Trinajstić information content (AvgIpc) is 2.96. The van der Waals surface area contributed by atoms with E-state index in [-0.39, 0.29) is 24.3 Å². The number of Topliss-reactive ketones (excluding diaryl/α,β-unsaturated/α-hetero) is 1. The van der Waals surface area contributed by atoms with Gasteiger partial charge in [0.1, 0.15) is 0 Å². The maximum absolute atomic E-state index is 13.1. The number of benzene rings is 1. The lowest BCUT2D eigenvalue weighted by molar-refractivity contribution is -0.115. The third kappa shape index (κ3) is 4.60. The van der Waals surface area contributed by atoms with Crippen molar-refractivity contribution in [3.05, 3.63) is 56.7 Å². The van der Waals surface area contributed by atoms with E-state index in [1.54, 1.807) is 0 Å². The highest BCUT2D eigenvalue weighted by atomic mass is 79.9. The summed E-state index contributed by atoms with van der Waals surface area (Å²) in [5.41, 5.74) is 5.41. The zero-order chi connectivity index (χ0) is 22.2. The Kier molecular flexibility index (Phi) is 6.68. The number of carbonyl (C=O) groups is 2. The summed E-state index contributed by atoms with van der Waals surface area (Å²) in [5.74, 6) is -0.0752. The van der Waals surface area contributed by atoms with Gasteiger partial charge in [0.15, 0.2) is 5.78 Å². The summed E-state index contributed by atoms with van der Waals surface area (Å²) < 4.78 is 3.09. The summed E-state index contributed by atoms with van der Waals surface area (Å²) in [7, 11) is 4.12. The number of aromatic nitrogens is 1. The average molecular weight is 472 g/mol. The smallest absolute Gasteiger partial charge is 0.252 e. The molecule has 5 nitrogen and oxygen atoms in total. The van der Waals surface area contributed by atoms with Gasteiger partial charge < -0.3 is 14.8 Å². The predicted molar refractivity (Wildman–Crippen MR) is 126 cm³/mol. The molecule has 1 unspecified atom stereocenters. The highest BCUT2D eigenvalue weighted by Crippen LogP contribution is 2.31.